The highest BCUT2D eigenvalue weighted by atomic mass is 79.9. The molecule has 0 bridgehead atoms. The van der Waals surface area contributed by atoms with Crippen molar-refractivity contribution >= 4 is 55.1 Å². The number of amides is 1. The normalized spacial score (nSPS) is 14.6. The van der Waals surface area contributed by atoms with Crippen LogP contribution in [0.1, 0.15) is 28.8 Å². The standard InChI is InChI=1S/C17H15BrCl2N2O3S/c18-12-7-14(19)16(15(20)8-12)26(24,25)22(13-5-6-13)9-10-1-3-11(4-2-10)17(21)23/h1-4,7-8,13H,5-6,9H2,(H2,21,23). The number of carbonyl (C=O) groups excluding carboxylic acids is 1. The number of nitrogens with zero attached hydrogens (tertiary/aromatic N) is 1. The minimum atomic E-state index is -3.88. The molecule has 0 atom stereocenters. The highest BCUT2D eigenvalue weighted by molar-refractivity contribution is 9.10. The number of primary amides is 1. The molecule has 1 aliphatic carbocycles. The molecule has 1 saturated carbocycles. The maximum absolute atomic E-state index is 13.2. The summed E-state index contributed by atoms with van der Waals surface area (Å²) >= 11 is 15.6. The van der Waals surface area contributed by atoms with Gasteiger partial charge in [0.05, 0.1) is 10.0 Å². The summed E-state index contributed by atoms with van der Waals surface area (Å²) in [7, 11) is -3.88. The van der Waals surface area contributed by atoms with Gasteiger partial charge in [-0.25, -0.2) is 8.42 Å². The monoisotopic (exact) mass is 476 g/mol. The van der Waals surface area contributed by atoms with Crippen molar-refractivity contribution in [1.29, 1.82) is 0 Å². The summed E-state index contributed by atoms with van der Waals surface area (Å²) in [6, 6.07) is 9.46. The Morgan fingerprint density at radius 2 is 1.69 bits per heavy atom. The van der Waals surface area contributed by atoms with Gasteiger partial charge in [0, 0.05) is 22.6 Å². The quantitative estimate of drug-likeness (QED) is 0.676. The summed E-state index contributed by atoms with van der Waals surface area (Å²) in [5.74, 6) is -0.531. The van der Waals surface area contributed by atoms with Crippen molar-refractivity contribution in [3.8, 4) is 0 Å². The van der Waals surface area contributed by atoms with Gasteiger partial charge in [-0.15, -0.1) is 0 Å². The molecule has 26 heavy (non-hydrogen) atoms. The number of benzene rings is 2. The van der Waals surface area contributed by atoms with Crippen molar-refractivity contribution in [2.24, 2.45) is 5.73 Å². The molecular weight excluding hydrogens is 463 g/mol. The Balaban J connectivity index is 1.96. The van der Waals surface area contributed by atoms with E-state index in [1.807, 2.05) is 0 Å². The zero-order chi connectivity index (χ0) is 19.1. The van der Waals surface area contributed by atoms with Crippen LogP contribution in [0.25, 0.3) is 0 Å². The Hall–Kier alpha value is -1.12. The molecule has 138 valence electrons. The van der Waals surface area contributed by atoms with Crippen LogP contribution in [0.5, 0.6) is 0 Å². The van der Waals surface area contributed by atoms with Crippen LogP contribution in [0.15, 0.2) is 45.8 Å². The number of sulfonamides is 1. The number of rotatable bonds is 6. The molecule has 0 unspecified atom stereocenters. The van der Waals surface area contributed by atoms with Gasteiger partial charge in [0.2, 0.25) is 15.9 Å². The highest BCUT2D eigenvalue weighted by Crippen LogP contribution is 2.39. The maximum Gasteiger partial charge on any atom is 0.248 e. The lowest BCUT2D eigenvalue weighted by molar-refractivity contribution is 0.1000. The van der Waals surface area contributed by atoms with Crippen LogP contribution >= 0.6 is 39.1 Å². The summed E-state index contributed by atoms with van der Waals surface area (Å²) < 4.78 is 28.4. The summed E-state index contributed by atoms with van der Waals surface area (Å²) in [6.45, 7) is 0.161. The maximum atomic E-state index is 13.2. The van der Waals surface area contributed by atoms with Gasteiger partial charge in [-0.1, -0.05) is 51.3 Å². The van der Waals surface area contributed by atoms with Crippen LogP contribution in [0.4, 0.5) is 0 Å². The highest BCUT2D eigenvalue weighted by Gasteiger charge is 2.40. The smallest absolute Gasteiger partial charge is 0.248 e. The molecule has 1 aliphatic rings. The van der Waals surface area contributed by atoms with Crippen molar-refractivity contribution in [1.82, 2.24) is 4.31 Å². The number of carbonyl (C=O) groups is 1. The number of halogens is 3. The number of nitrogens with two attached hydrogens (primary N) is 1. The molecule has 0 radical (unpaired) electrons. The number of hydrogen-bond donors (Lipinski definition) is 1. The second-order valence-electron chi connectivity index (χ2n) is 6.04. The fourth-order valence-corrected chi connectivity index (χ4v) is 6.18. The molecule has 0 heterocycles. The van der Waals surface area contributed by atoms with E-state index in [2.05, 4.69) is 15.9 Å². The van der Waals surface area contributed by atoms with Gasteiger partial charge in [-0.2, -0.15) is 4.31 Å². The predicted octanol–water partition coefficient (Wildman–Crippen LogP) is 4.21. The Kier molecular flexibility index (Phi) is 5.65. The molecule has 9 heteroatoms. The summed E-state index contributed by atoms with van der Waals surface area (Å²) in [5.41, 5.74) is 6.35. The van der Waals surface area contributed by atoms with Crippen molar-refractivity contribution < 1.29 is 13.2 Å². The fourth-order valence-electron chi connectivity index (χ4n) is 2.62. The summed E-state index contributed by atoms with van der Waals surface area (Å²) in [6.07, 6.45) is 1.56. The Morgan fingerprint density at radius 3 is 2.15 bits per heavy atom. The van der Waals surface area contributed by atoms with Crippen LogP contribution in [-0.2, 0) is 16.6 Å². The topological polar surface area (TPSA) is 80.5 Å². The Labute approximate surface area is 170 Å². The molecule has 5 nitrogen and oxygen atoms in total. The molecule has 1 amide bonds. The van der Waals surface area contributed by atoms with Gasteiger partial charge < -0.3 is 5.73 Å². The lowest BCUT2D eigenvalue weighted by Gasteiger charge is -2.23. The van der Waals surface area contributed by atoms with Crippen LogP contribution < -0.4 is 5.73 Å². The van der Waals surface area contributed by atoms with E-state index >= 15 is 0 Å². The van der Waals surface area contributed by atoms with E-state index in [0.29, 0.717) is 10.0 Å². The molecule has 0 saturated heterocycles. The molecule has 0 spiro atoms. The van der Waals surface area contributed by atoms with E-state index in [0.717, 1.165) is 18.4 Å². The Morgan fingerprint density at radius 1 is 1.15 bits per heavy atom. The lowest BCUT2D eigenvalue weighted by Crippen LogP contribution is -2.33. The van der Waals surface area contributed by atoms with E-state index in [1.165, 1.54) is 16.4 Å². The molecular formula is C17H15BrCl2N2O3S. The van der Waals surface area contributed by atoms with Crippen LogP contribution in [0.3, 0.4) is 0 Å². The molecule has 3 rings (SSSR count). The van der Waals surface area contributed by atoms with Crippen molar-refractivity contribution in [2.75, 3.05) is 0 Å². The molecule has 1 fully saturated rings. The van der Waals surface area contributed by atoms with Gasteiger partial charge in [0.15, 0.2) is 0 Å². The second-order valence-corrected chi connectivity index (χ2v) is 9.60. The third kappa shape index (κ3) is 4.07. The zero-order valence-corrected chi connectivity index (χ0v) is 17.4. The average Bonchev–Trinajstić information content (AvgIpc) is 3.36. The third-order valence-corrected chi connectivity index (χ3v) is 7.34. The van der Waals surface area contributed by atoms with E-state index in [9.17, 15) is 13.2 Å². The second kappa shape index (κ2) is 7.48. The van der Waals surface area contributed by atoms with Crippen LogP contribution in [0.2, 0.25) is 10.0 Å². The minimum Gasteiger partial charge on any atom is -0.366 e. The lowest BCUT2D eigenvalue weighted by atomic mass is 10.1. The largest absolute Gasteiger partial charge is 0.366 e. The molecule has 2 aromatic rings. The minimum absolute atomic E-state index is 0.0686. The van der Waals surface area contributed by atoms with Gasteiger partial charge in [-0.05, 0) is 42.7 Å². The van der Waals surface area contributed by atoms with Crippen molar-refractivity contribution in [3.05, 3.63) is 62.0 Å². The van der Waals surface area contributed by atoms with E-state index in [1.54, 1.807) is 24.3 Å². The zero-order valence-electron chi connectivity index (χ0n) is 13.5. The van der Waals surface area contributed by atoms with Gasteiger partial charge in [-0.3, -0.25) is 4.79 Å². The first-order valence-corrected chi connectivity index (χ1v) is 10.7. The summed E-state index contributed by atoms with van der Waals surface area (Å²) in [4.78, 5) is 11.1. The fraction of sp³-hybridized carbons (Fsp3) is 0.235. The van der Waals surface area contributed by atoms with Gasteiger partial charge in [0.25, 0.3) is 0 Å². The Bertz CT molecular complexity index is 937. The van der Waals surface area contributed by atoms with Crippen molar-refractivity contribution in [3.63, 3.8) is 0 Å². The predicted molar refractivity (Wildman–Crippen MR) is 105 cm³/mol. The van der Waals surface area contributed by atoms with Crippen LogP contribution in [0, 0.1) is 0 Å². The van der Waals surface area contributed by atoms with Gasteiger partial charge in [0.1, 0.15) is 4.90 Å². The first-order chi connectivity index (χ1) is 12.2. The third-order valence-electron chi connectivity index (χ3n) is 4.06. The van der Waals surface area contributed by atoms with Gasteiger partial charge >= 0.3 is 0 Å². The molecule has 0 aromatic heterocycles. The average molecular weight is 478 g/mol. The number of hydrogen-bond acceptors (Lipinski definition) is 3. The van der Waals surface area contributed by atoms with Crippen molar-refractivity contribution in [2.45, 2.75) is 30.3 Å². The van der Waals surface area contributed by atoms with E-state index < -0.39 is 15.9 Å². The van der Waals surface area contributed by atoms with Crippen LogP contribution in [-0.4, -0.2) is 24.7 Å². The summed E-state index contributed by atoms with van der Waals surface area (Å²) in [5, 5.41) is 0.137. The molecule has 2 N–H and O–H groups in total. The first kappa shape index (κ1) is 19.6. The molecule has 2 aromatic carbocycles. The molecule has 0 aliphatic heterocycles. The van der Waals surface area contributed by atoms with E-state index in [4.69, 9.17) is 28.9 Å². The first-order valence-electron chi connectivity index (χ1n) is 7.75. The van der Waals surface area contributed by atoms with E-state index in [-0.39, 0.29) is 27.5 Å². The SMILES string of the molecule is NC(=O)c1ccc(CN(C2CC2)S(=O)(=O)c2c(Cl)cc(Br)cc2Cl)cc1.